The number of aromatic nitrogens is 1. The molecule has 1 saturated carbocycles. The zero-order valence-electron chi connectivity index (χ0n) is 17.3. The molecule has 2 aromatic heterocycles. The summed E-state index contributed by atoms with van der Waals surface area (Å²) in [5.41, 5.74) is 5.29. The van der Waals surface area contributed by atoms with Crippen molar-refractivity contribution in [1.29, 1.82) is 0 Å². The molecule has 0 radical (unpaired) electrons. The van der Waals surface area contributed by atoms with Crippen LogP contribution in [0.1, 0.15) is 37.7 Å². The van der Waals surface area contributed by atoms with Crippen molar-refractivity contribution < 1.29 is 4.42 Å². The van der Waals surface area contributed by atoms with E-state index < -0.39 is 0 Å². The average molecular weight is 389 g/mol. The minimum Gasteiger partial charge on any atom is -0.453 e. The predicted octanol–water partition coefficient (Wildman–Crippen LogP) is 6.59. The first kappa shape index (κ1) is 17.8. The van der Waals surface area contributed by atoms with Gasteiger partial charge in [0.2, 0.25) is 0 Å². The lowest BCUT2D eigenvalue weighted by atomic mass is 9.56. The molecule has 5 aromatic rings. The van der Waals surface area contributed by atoms with Gasteiger partial charge in [0.1, 0.15) is 19.1 Å². The van der Waals surface area contributed by atoms with Gasteiger partial charge in [0, 0.05) is 27.9 Å². The molecule has 6 rings (SSSR count). The molecule has 0 amide bonds. The second-order valence-electron chi connectivity index (χ2n) is 9.00. The molecule has 2 nitrogen and oxygen atoms in total. The normalized spacial score (nSPS) is 16.4. The number of benzene rings is 3. The molecule has 0 N–H and O–H groups in total. The molecule has 1 aliphatic rings. The number of hydrogen-bond acceptors (Lipinski definition) is 2. The van der Waals surface area contributed by atoms with Gasteiger partial charge < -0.3 is 4.42 Å². The van der Waals surface area contributed by atoms with Crippen LogP contribution in [-0.2, 0) is 5.31 Å². The first-order chi connectivity index (χ1) is 14.7. The van der Waals surface area contributed by atoms with Crippen LogP contribution in [0.15, 0.2) is 77.3 Å². The maximum absolute atomic E-state index is 6.50. The van der Waals surface area contributed by atoms with Crippen LogP contribution in [-0.4, -0.2) is 12.8 Å². The second-order valence-corrected chi connectivity index (χ2v) is 9.00. The van der Waals surface area contributed by atoms with Crippen LogP contribution < -0.4 is 0 Å². The molecule has 0 bridgehead atoms. The van der Waals surface area contributed by atoms with Crippen LogP contribution >= 0.6 is 0 Å². The molecule has 3 heteroatoms. The number of rotatable bonds is 2. The Bertz CT molecular complexity index is 1380. The van der Waals surface area contributed by atoms with Gasteiger partial charge in [-0.2, -0.15) is 0 Å². The van der Waals surface area contributed by atoms with Crippen LogP contribution in [0.2, 0.25) is 0 Å². The summed E-state index contributed by atoms with van der Waals surface area (Å²) < 4.78 is 6.50. The molecule has 146 valence electrons. The highest BCUT2D eigenvalue weighted by molar-refractivity contribution is 6.18. The highest BCUT2D eigenvalue weighted by Gasteiger charge is 2.29. The monoisotopic (exact) mass is 389 g/mol. The van der Waals surface area contributed by atoms with Gasteiger partial charge >= 0.3 is 0 Å². The third kappa shape index (κ3) is 2.69. The standard InChI is InChI=1S/C27H24BNO/c28-27(14-5-2-6-15-27)20-10-12-21-19(17-20)9-11-22-23-13-16-29-24(26(23)30-25(21)22)18-7-3-1-4-8-18/h1,3-4,7-13,16-17H,2,5-6,14-15,28H2. The zero-order valence-corrected chi connectivity index (χ0v) is 17.3. The lowest BCUT2D eigenvalue weighted by Gasteiger charge is -2.34. The van der Waals surface area contributed by atoms with Crippen molar-refractivity contribution >= 4 is 40.6 Å². The lowest BCUT2D eigenvalue weighted by molar-refractivity contribution is 0.398. The minimum atomic E-state index is 0.305. The number of hydrogen-bond donors (Lipinski definition) is 0. The van der Waals surface area contributed by atoms with E-state index in [1.54, 1.807) is 0 Å². The summed E-state index contributed by atoms with van der Waals surface area (Å²) in [7, 11) is 2.44. The van der Waals surface area contributed by atoms with Gasteiger partial charge in [-0.25, -0.2) is 0 Å². The molecular formula is C27H24BNO. The first-order valence-corrected chi connectivity index (χ1v) is 11.0. The predicted molar refractivity (Wildman–Crippen MR) is 128 cm³/mol. The fourth-order valence-corrected chi connectivity index (χ4v) is 5.29. The Kier molecular flexibility index (Phi) is 3.99. The number of furan rings is 1. The van der Waals surface area contributed by atoms with E-state index in [4.69, 9.17) is 4.42 Å². The maximum Gasteiger partial charge on any atom is 0.161 e. The third-order valence-corrected chi connectivity index (χ3v) is 7.07. The van der Waals surface area contributed by atoms with Crippen LogP contribution in [0.25, 0.3) is 44.0 Å². The van der Waals surface area contributed by atoms with Gasteiger partial charge in [-0.15, -0.1) is 0 Å². The smallest absolute Gasteiger partial charge is 0.161 e. The van der Waals surface area contributed by atoms with Crippen molar-refractivity contribution in [3.05, 3.63) is 78.5 Å². The highest BCUT2D eigenvalue weighted by Crippen LogP contribution is 2.41. The summed E-state index contributed by atoms with van der Waals surface area (Å²) in [6, 6.07) is 23.8. The average Bonchev–Trinajstić information content (AvgIpc) is 3.19. The fraction of sp³-hybridized carbons (Fsp3) is 0.222. The maximum atomic E-state index is 6.50. The van der Waals surface area contributed by atoms with E-state index in [1.165, 1.54) is 48.4 Å². The summed E-state index contributed by atoms with van der Waals surface area (Å²) in [5.74, 6) is 0. The van der Waals surface area contributed by atoms with Gasteiger partial charge in [-0.3, -0.25) is 4.98 Å². The van der Waals surface area contributed by atoms with Crippen molar-refractivity contribution in [2.75, 3.05) is 0 Å². The molecule has 1 fully saturated rings. The molecule has 2 heterocycles. The van der Waals surface area contributed by atoms with E-state index in [-0.39, 0.29) is 0 Å². The van der Waals surface area contributed by atoms with E-state index >= 15 is 0 Å². The van der Waals surface area contributed by atoms with E-state index in [9.17, 15) is 0 Å². The molecule has 0 spiro atoms. The Morgan fingerprint density at radius 1 is 0.767 bits per heavy atom. The Morgan fingerprint density at radius 2 is 1.53 bits per heavy atom. The quantitative estimate of drug-likeness (QED) is 0.318. The summed E-state index contributed by atoms with van der Waals surface area (Å²) in [4.78, 5) is 4.64. The van der Waals surface area contributed by atoms with E-state index in [0.29, 0.717) is 5.31 Å². The van der Waals surface area contributed by atoms with Crippen molar-refractivity contribution in [3.8, 4) is 11.3 Å². The van der Waals surface area contributed by atoms with Gasteiger partial charge in [-0.05, 0) is 28.4 Å². The highest BCUT2D eigenvalue weighted by atomic mass is 16.3. The largest absolute Gasteiger partial charge is 0.453 e. The Balaban J connectivity index is 1.57. The SMILES string of the molecule is BC1(c2ccc3c(ccc4c5ccnc(-c6ccccc6)c5oc34)c2)CCCCC1. The zero-order chi connectivity index (χ0) is 20.1. The third-order valence-electron chi connectivity index (χ3n) is 7.07. The fourth-order valence-electron chi connectivity index (χ4n) is 5.29. The van der Waals surface area contributed by atoms with Gasteiger partial charge in [-0.1, -0.05) is 86.7 Å². The van der Waals surface area contributed by atoms with E-state index in [0.717, 1.165) is 33.2 Å². The summed E-state index contributed by atoms with van der Waals surface area (Å²) >= 11 is 0. The number of nitrogens with zero attached hydrogens (tertiary/aromatic N) is 1. The van der Waals surface area contributed by atoms with Crippen molar-refractivity contribution in [3.63, 3.8) is 0 Å². The van der Waals surface area contributed by atoms with Crippen molar-refractivity contribution in [1.82, 2.24) is 4.98 Å². The van der Waals surface area contributed by atoms with Crippen LogP contribution in [0, 0.1) is 0 Å². The molecular weight excluding hydrogens is 365 g/mol. The molecule has 3 aromatic carbocycles. The summed E-state index contributed by atoms with van der Waals surface area (Å²) in [6.45, 7) is 0. The summed E-state index contributed by atoms with van der Waals surface area (Å²) in [5, 5.41) is 5.04. The molecule has 0 aliphatic heterocycles. The molecule has 1 aliphatic carbocycles. The molecule has 0 saturated heterocycles. The topological polar surface area (TPSA) is 26.0 Å². The first-order valence-electron chi connectivity index (χ1n) is 11.0. The van der Waals surface area contributed by atoms with Gasteiger partial charge in [0.05, 0.1) is 0 Å². The lowest BCUT2D eigenvalue weighted by Crippen LogP contribution is -2.29. The molecule has 0 atom stereocenters. The van der Waals surface area contributed by atoms with Gasteiger partial charge in [0.15, 0.2) is 5.58 Å². The number of fused-ring (bicyclic) bond motifs is 5. The Morgan fingerprint density at radius 3 is 2.37 bits per heavy atom. The number of pyridine rings is 1. The second kappa shape index (κ2) is 6.73. The van der Waals surface area contributed by atoms with Gasteiger partial charge in [0.25, 0.3) is 0 Å². The van der Waals surface area contributed by atoms with Crippen LogP contribution in [0.4, 0.5) is 0 Å². The van der Waals surface area contributed by atoms with Crippen LogP contribution in [0.3, 0.4) is 0 Å². The van der Waals surface area contributed by atoms with E-state index in [1.807, 2.05) is 24.4 Å². The van der Waals surface area contributed by atoms with E-state index in [2.05, 4.69) is 61.4 Å². The minimum absolute atomic E-state index is 0.305. The van der Waals surface area contributed by atoms with Crippen molar-refractivity contribution in [2.45, 2.75) is 37.4 Å². The Labute approximate surface area is 177 Å². The molecule has 30 heavy (non-hydrogen) atoms. The summed E-state index contributed by atoms with van der Waals surface area (Å²) in [6.07, 6.45) is 8.52. The van der Waals surface area contributed by atoms with Crippen LogP contribution in [0.5, 0.6) is 0 Å². The molecule has 0 unspecified atom stereocenters. The Hall–Kier alpha value is -3.07. The van der Waals surface area contributed by atoms with Crippen molar-refractivity contribution in [2.24, 2.45) is 0 Å².